The number of aromatic carboxylic acids is 1. The Bertz CT molecular complexity index is 963. The van der Waals surface area contributed by atoms with Gasteiger partial charge in [0.1, 0.15) is 5.75 Å². The Morgan fingerprint density at radius 3 is 2.60 bits per heavy atom. The van der Waals surface area contributed by atoms with Gasteiger partial charge in [0.05, 0.1) is 24.5 Å². The maximum Gasteiger partial charge on any atom is 0.119 e. The minimum atomic E-state index is -1.26. The number of hydrogen-bond donors (Lipinski definition) is 0. The molecule has 0 aliphatic carbocycles. The number of carbonyl (C=O) groups is 1. The summed E-state index contributed by atoms with van der Waals surface area (Å²) in [4.78, 5) is 11.6. The van der Waals surface area contributed by atoms with E-state index in [1.54, 1.807) is 28.9 Å². The van der Waals surface area contributed by atoms with Crippen LogP contribution < -0.4 is 9.84 Å². The lowest BCUT2D eigenvalue weighted by Crippen LogP contribution is -2.23. The van der Waals surface area contributed by atoms with E-state index in [2.05, 4.69) is 5.10 Å². The fourth-order valence-corrected chi connectivity index (χ4v) is 3.11. The van der Waals surface area contributed by atoms with E-state index in [1.807, 2.05) is 26.0 Å². The number of hydrogen-bond acceptors (Lipinski definition) is 4. The van der Waals surface area contributed by atoms with Crippen molar-refractivity contribution >= 4 is 17.6 Å². The summed E-state index contributed by atoms with van der Waals surface area (Å²) in [7, 11) is 1.49. The van der Waals surface area contributed by atoms with Crippen molar-refractivity contribution in [1.82, 2.24) is 9.78 Å². The fraction of sp³-hybridized carbons (Fsp3) is 0.158. The van der Waals surface area contributed by atoms with Crippen molar-refractivity contribution in [3.05, 3.63) is 64.4 Å². The number of aromatic nitrogens is 2. The van der Waals surface area contributed by atoms with Crippen LogP contribution in [0.4, 0.5) is 0 Å². The zero-order valence-electron chi connectivity index (χ0n) is 14.0. The highest BCUT2D eigenvalue weighted by Gasteiger charge is 2.18. The number of methoxy groups -OCH3 is 1. The Labute approximate surface area is 150 Å². The van der Waals surface area contributed by atoms with E-state index in [0.29, 0.717) is 22.0 Å². The lowest BCUT2D eigenvalue weighted by molar-refractivity contribution is -0.254. The molecule has 0 fully saturated rings. The fourth-order valence-electron chi connectivity index (χ4n) is 2.93. The summed E-state index contributed by atoms with van der Waals surface area (Å²) in [6.45, 7) is 3.73. The van der Waals surface area contributed by atoms with Crippen molar-refractivity contribution in [2.75, 3.05) is 7.11 Å². The molecule has 0 aliphatic heterocycles. The monoisotopic (exact) mass is 355 g/mol. The van der Waals surface area contributed by atoms with Crippen LogP contribution in [0.3, 0.4) is 0 Å². The number of rotatable bonds is 4. The van der Waals surface area contributed by atoms with Crippen molar-refractivity contribution in [2.24, 2.45) is 0 Å². The topological polar surface area (TPSA) is 67.2 Å². The van der Waals surface area contributed by atoms with E-state index in [9.17, 15) is 9.90 Å². The number of halogens is 1. The van der Waals surface area contributed by atoms with Gasteiger partial charge in [0.25, 0.3) is 0 Å². The molecule has 0 spiro atoms. The van der Waals surface area contributed by atoms with Crippen molar-refractivity contribution in [3.8, 4) is 22.6 Å². The van der Waals surface area contributed by atoms with Gasteiger partial charge in [-0.2, -0.15) is 5.10 Å². The van der Waals surface area contributed by atoms with Gasteiger partial charge in [0, 0.05) is 21.8 Å². The molecule has 3 rings (SSSR count). The van der Waals surface area contributed by atoms with Crippen molar-refractivity contribution in [2.45, 2.75) is 13.8 Å². The van der Waals surface area contributed by atoms with E-state index in [-0.39, 0.29) is 5.56 Å². The van der Waals surface area contributed by atoms with Gasteiger partial charge >= 0.3 is 0 Å². The number of carbonyl (C=O) groups excluding carboxylic acids is 1. The maximum absolute atomic E-state index is 11.6. The minimum absolute atomic E-state index is 0.0659. The minimum Gasteiger partial charge on any atom is -0.545 e. The highest BCUT2D eigenvalue weighted by Crippen LogP contribution is 2.33. The van der Waals surface area contributed by atoms with Crippen molar-refractivity contribution in [3.63, 3.8) is 0 Å². The molecule has 0 radical (unpaired) electrons. The normalized spacial score (nSPS) is 10.7. The highest BCUT2D eigenvalue weighted by atomic mass is 35.5. The van der Waals surface area contributed by atoms with Gasteiger partial charge in [-0.1, -0.05) is 17.7 Å². The highest BCUT2D eigenvalue weighted by molar-refractivity contribution is 6.30. The number of aryl methyl sites for hydroxylation is 1. The molecule has 3 aromatic rings. The smallest absolute Gasteiger partial charge is 0.119 e. The van der Waals surface area contributed by atoms with Crippen LogP contribution in [0.25, 0.3) is 16.8 Å². The molecule has 128 valence electrons. The predicted molar refractivity (Wildman–Crippen MR) is 94.4 cm³/mol. The van der Waals surface area contributed by atoms with Crippen molar-refractivity contribution in [1.29, 1.82) is 0 Å². The molecule has 1 aromatic heterocycles. The van der Waals surface area contributed by atoms with E-state index >= 15 is 0 Å². The first-order valence-electron chi connectivity index (χ1n) is 7.64. The molecule has 1 heterocycles. The third-order valence-electron chi connectivity index (χ3n) is 4.06. The van der Waals surface area contributed by atoms with Gasteiger partial charge in [0.15, 0.2) is 0 Å². The van der Waals surface area contributed by atoms with Crippen LogP contribution in [0, 0.1) is 13.8 Å². The second kappa shape index (κ2) is 6.61. The summed E-state index contributed by atoms with van der Waals surface area (Å²) in [5.41, 5.74) is 3.70. The van der Waals surface area contributed by atoms with Crippen LogP contribution in [0.2, 0.25) is 5.02 Å². The van der Waals surface area contributed by atoms with Gasteiger partial charge in [-0.15, -0.1) is 0 Å². The SMILES string of the molecule is COc1ccc(-c2c(C)nn(-c3cccc(Cl)c3)c2C)c(C(=O)[O-])c1. The Balaban J connectivity index is 2.21. The molecule has 0 saturated carbocycles. The third kappa shape index (κ3) is 3.10. The number of benzene rings is 2. The number of carboxylic acid groups (broad SMARTS) is 1. The van der Waals surface area contributed by atoms with Gasteiger partial charge < -0.3 is 14.6 Å². The van der Waals surface area contributed by atoms with Crippen LogP contribution in [0.5, 0.6) is 5.75 Å². The second-order valence-corrected chi connectivity index (χ2v) is 6.07. The van der Waals surface area contributed by atoms with E-state index in [0.717, 1.165) is 16.9 Å². The molecule has 2 aromatic carbocycles. The third-order valence-corrected chi connectivity index (χ3v) is 4.30. The average Bonchev–Trinajstić information content (AvgIpc) is 2.88. The molecule has 0 unspecified atom stereocenters. The lowest BCUT2D eigenvalue weighted by Gasteiger charge is -2.13. The molecule has 0 saturated heterocycles. The van der Waals surface area contributed by atoms with E-state index in [1.165, 1.54) is 13.2 Å². The summed E-state index contributed by atoms with van der Waals surface area (Å²) >= 11 is 6.07. The van der Waals surface area contributed by atoms with E-state index in [4.69, 9.17) is 16.3 Å². The molecule has 5 nitrogen and oxygen atoms in total. The lowest BCUT2D eigenvalue weighted by atomic mass is 9.97. The number of ether oxygens (including phenoxy) is 1. The first kappa shape index (κ1) is 17.0. The summed E-state index contributed by atoms with van der Waals surface area (Å²) in [5, 5.41) is 16.8. The number of nitrogens with zero attached hydrogens (tertiary/aromatic N) is 2. The maximum atomic E-state index is 11.6. The second-order valence-electron chi connectivity index (χ2n) is 5.64. The van der Waals surface area contributed by atoms with Crippen LogP contribution in [0.15, 0.2) is 42.5 Å². The molecule has 6 heteroatoms. The number of carboxylic acids is 1. The Morgan fingerprint density at radius 2 is 1.96 bits per heavy atom. The van der Waals surface area contributed by atoms with E-state index < -0.39 is 5.97 Å². The predicted octanol–water partition coefficient (Wildman–Crippen LogP) is 3.18. The molecular formula is C19H16ClN2O3-. The molecule has 25 heavy (non-hydrogen) atoms. The van der Waals surface area contributed by atoms with Gasteiger partial charge in [-0.3, -0.25) is 0 Å². The molecule has 0 N–H and O–H groups in total. The largest absolute Gasteiger partial charge is 0.545 e. The zero-order chi connectivity index (χ0) is 18.1. The first-order chi connectivity index (χ1) is 11.9. The Morgan fingerprint density at radius 1 is 1.20 bits per heavy atom. The van der Waals surface area contributed by atoms with Gasteiger partial charge in [-0.25, -0.2) is 4.68 Å². The quantitative estimate of drug-likeness (QED) is 0.720. The Kier molecular flexibility index (Phi) is 4.51. The summed E-state index contributed by atoms with van der Waals surface area (Å²) in [6, 6.07) is 12.2. The van der Waals surface area contributed by atoms with Crippen LogP contribution in [-0.4, -0.2) is 22.9 Å². The molecular weight excluding hydrogens is 340 g/mol. The first-order valence-corrected chi connectivity index (χ1v) is 8.02. The van der Waals surface area contributed by atoms with Crippen LogP contribution in [-0.2, 0) is 0 Å². The molecule has 0 amide bonds. The molecule has 0 atom stereocenters. The van der Waals surface area contributed by atoms with Crippen LogP contribution >= 0.6 is 11.6 Å². The molecule has 0 aliphatic rings. The summed E-state index contributed by atoms with van der Waals surface area (Å²) in [6.07, 6.45) is 0. The van der Waals surface area contributed by atoms with Gasteiger partial charge in [-0.05, 0) is 55.8 Å². The standard InChI is InChI=1S/C19H17ClN2O3/c1-11-18(16-8-7-15(25-3)10-17(16)19(23)24)12(2)22(21-11)14-6-4-5-13(20)9-14/h4-10H,1-3H3,(H,23,24)/p-1. The summed E-state index contributed by atoms with van der Waals surface area (Å²) < 4.78 is 6.87. The average molecular weight is 356 g/mol. The zero-order valence-corrected chi connectivity index (χ0v) is 14.8. The van der Waals surface area contributed by atoms with Crippen molar-refractivity contribution < 1.29 is 14.6 Å². The molecule has 0 bridgehead atoms. The van der Waals surface area contributed by atoms with Gasteiger partial charge in [0.2, 0.25) is 0 Å². The summed E-state index contributed by atoms with van der Waals surface area (Å²) in [5.74, 6) is -0.802. The Hall–Kier alpha value is -2.79. The van der Waals surface area contributed by atoms with Crippen LogP contribution in [0.1, 0.15) is 21.7 Å².